The Morgan fingerprint density at radius 1 is 0.900 bits per heavy atom. The first-order chi connectivity index (χ1) is 14.4. The van der Waals surface area contributed by atoms with Gasteiger partial charge in [-0.25, -0.2) is 4.57 Å². The van der Waals surface area contributed by atoms with Gasteiger partial charge in [-0.05, 0) is 12.8 Å². The van der Waals surface area contributed by atoms with Crippen LogP contribution >= 0.6 is 7.82 Å². The molecule has 0 radical (unpaired) electrons. The highest BCUT2D eigenvalue weighted by Crippen LogP contribution is 2.47. The SMILES string of the molecule is CCCCCCCCCCOC1O[C@H](CO)[C@@H](O)[C@H](O)[C@H]1OP(=O)(O)OCCCO. The summed E-state index contributed by atoms with van der Waals surface area (Å²) < 4.78 is 32.9. The Labute approximate surface area is 178 Å². The summed E-state index contributed by atoms with van der Waals surface area (Å²) in [6, 6.07) is 0. The highest BCUT2D eigenvalue weighted by atomic mass is 31.2. The van der Waals surface area contributed by atoms with E-state index in [4.69, 9.17) is 23.6 Å². The minimum Gasteiger partial charge on any atom is -0.396 e. The van der Waals surface area contributed by atoms with E-state index in [-0.39, 0.29) is 26.2 Å². The Kier molecular flexibility index (Phi) is 14.5. The van der Waals surface area contributed by atoms with E-state index < -0.39 is 45.1 Å². The smallest absolute Gasteiger partial charge is 0.396 e. The second kappa shape index (κ2) is 15.6. The van der Waals surface area contributed by atoms with Crippen LogP contribution in [0.15, 0.2) is 0 Å². The van der Waals surface area contributed by atoms with Gasteiger partial charge in [-0.15, -0.1) is 0 Å². The van der Waals surface area contributed by atoms with E-state index in [2.05, 4.69) is 6.92 Å². The van der Waals surface area contributed by atoms with Gasteiger partial charge in [0.15, 0.2) is 6.29 Å². The summed E-state index contributed by atoms with van der Waals surface area (Å²) in [4.78, 5) is 9.84. The lowest BCUT2D eigenvalue weighted by Gasteiger charge is -2.41. The molecule has 0 saturated carbocycles. The molecular formula is C19H39O10P. The van der Waals surface area contributed by atoms with Crippen LogP contribution in [0.3, 0.4) is 0 Å². The van der Waals surface area contributed by atoms with Crippen molar-refractivity contribution < 1.29 is 48.4 Å². The van der Waals surface area contributed by atoms with Crippen LogP contribution < -0.4 is 0 Å². The summed E-state index contributed by atoms with van der Waals surface area (Å²) in [7, 11) is -4.59. The Hall–Kier alpha value is -0.130. The molecule has 5 N–H and O–H groups in total. The highest BCUT2D eigenvalue weighted by Gasteiger charge is 2.48. The Balaban J connectivity index is 2.52. The fourth-order valence-corrected chi connectivity index (χ4v) is 4.12. The highest BCUT2D eigenvalue weighted by molar-refractivity contribution is 7.47. The van der Waals surface area contributed by atoms with E-state index in [1.807, 2.05) is 0 Å². The second-order valence-electron chi connectivity index (χ2n) is 7.50. The first-order valence-corrected chi connectivity index (χ1v) is 12.4. The van der Waals surface area contributed by atoms with E-state index >= 15 is 0 Å². The van der Waals surface area contributed by atoms with Gasteiger partial charge < -0.3 is 34.8 Å². The summed E-state index contributed by atoms with van der Waals surface area (Å²) >= 11 is 0. The topological polar surface area (TPSA) is 155 Å². The number of hydrogen-bond donors (Lipinski definition) is 5. The van der Waals surface area contributed by atoms with Crippen LogP contribution in [0, 0.1) is 0 Å². The van der Waals surface area contributed by atoms with Crippen molar-refractivity contribution in [1.82, 2.24) is 0 Å². The van der Waals surface area contributed by atoms with Gasteiger partial charge in [-0.1, -0.05) is 51.9 Å². The molecule has 11 heteroatoms. The average molecular weight is 458 g/mol. The minimum atomic E-state index is -4.59. The predicted molar refractivity (Wildman–Crippen MR) is 109 cm³/mol. The maximum atomic E-state index is 12.1. The first kappa shape index (κ1) is 27.9. The lowest BCUT2D eigenvalue weighted by molar-refractivity contribution is -0.297. The van der Waals surface area contributed by atoms with Crippen LogP contribution in [0.2, 0.25) is 0 Å². The number of hydrogen-bond acceptors (Lipinski definition) is 9. The number of phosphoric ester groups is 1. The van der Waals surface area contributed by atoms with Crippen LogP contribution in [0.25, 0.3) is 0 Å². The van der Waals surface area contributed by atoms with Gasteiger partial charge in [0, 0.05) is 13.2 Å². The summed E-state index contributed by atoms with van der Waals surface area (Å²) in [5.74, 6) is 0. The fourth-order valence-electron chi connectivity index (χ4n) is 3.17. The third-order valence-electron chi connectivity index (χ3n) is 4.92. The van der Waals surface area contributed by atoms with Crippen molar-refractivity contribution in [3.8, 4) is 0 Å². The first-order valence-electron chi connectivity index (χ1n) is 10.9. The van der Waals surface area contributed by atoms with Crippen molar-refractivity contribution in [3.05, 3.63) is 0 Å². The van der Waals surface area contributed by atoms with Crippen molar-refractivity contribution in [3.63, 3.8) is 0 Å². The predicted octanol–water partition coefficient (Wildman–Crippen LogP) is 1.47. The molecule has 180 valence electrons. The van der Waals surface area contributed by atoms with Crippen LogP contribution in [-0.4, -0.2) is 82.5 Å². The molecule has 1 rings (SSSR count). The van der Waals surface area contributed by atoms with E-state index in [0.717, 1.165) is 25.7 Å². The standard InChI is InChI=1S/C19H39O10P/c1-2-3-4-5-6-7-8-9-12-26-19-18(17(23)16(22)15(14-21)28-19)29-30(24,25)27-13-10-11-20/h15-23H,2-14H2,1H3,(H,24,25)/t15-,16-,17+,18-,19?/m1/s1. The molecule has 0 bridgehead atoms. The van der Waals surface area contributed by atoms with Crippen LogP contribution in [0.4, 0.5) is 0 Å². The van der Waals surface area contributed by atoms with Gasteiger partial charge in [0.1, 0.15) is 24.4 Å². The summed E-state index contributed by atoms with van der Waals surface area (Å²) in [5, 5.41) is 38.5. The maximum absolute atomic E-state index is 12.1. The third kappa shape index (κ3) is 10.5. The second-order valence-corrected chi connectivity index (χ2v) is 8.91. The van der Waals surface area contributed by atoms with Crippen molar-refractivity contribution in [1.29, 1.82) is 0 Å². The normalized spacial score (nSPS) is 29.1. The quantitative estimate of drug-likeness (QED) is 0.160. The molecule has 1 heterocycles. The third-order valence-corrected chi connectivity index (χ3v) is 5.94. The zero-order chi connectivity index (χ0) is 22.4. The number of ether oxygens (including phenoxy) is 2. The molecule has 6 atom stereocenters. The summed E-state index contributed by atoms with van der Waals surface area (Å²) in [6.07, 6.45) is 1.94. The van der Waals surface area contributed by atoms with Crippen molar-refractivity contribution >= 4 is 7.82 Å². The molecular weight excluding hydrogens is 419 g/mol. The lowest BCUT2D eigenvalue weighted by Crippen LogP contribution is -2.59. The van der Waals surface area contributed by atoms with Crippen LogP contribution in [0.1, 0.15) is 64.7 Å². The Morgan fingerprint density at radius 3 is 2.13 bits per heavy atom. The van der Waals surface area contributed by atoms with Crippen LogP contribution in [-0.2, 0) is 23.1 Å². The van der Waals surface area contributed by atoms with E-state index in [9.17, 15) is 24.8 Å². The molecule has 1 saturated heterocycles. The molecule has 0 aromatic heterocycles. The van der Waals surface area contributed by atoms with Gasteiger partial charge in [0.05, 0.1) is 13.2 Å². The van der Waals surface area contributed by atoms with Crippen molar-refractivity contribution in [2.24, 2.45) is 0 Å². The number of phosphoric acid groups is 1. The number of rotatable bonds is 17. The molecule has 0 spiro atoms. The number of unbranched alkanes of at least 4 members (excludes halogenated alkanes) is 7. The van der Waals surface area contributed by atoms with E-state index in [1.54, 1.807) is 0 Å². The molecule has 0 amide bonds. The molecule has 1 aliphatic rings. The van der Waals surface area contributed by atoms with E-state index in [1.165, 1.54) is 25.7 Å². The van der Waals surface area contributed by atoms with E-state index in [0.29, 0.717) is 0 Å². The molecule has 1 aliphatic heterocycles. The summed E-state index contributed by atoms with van der Waals surface area (Å²) in [6.45, 7) is 1.43. The molecule has 0 aromatic rings. The van der Waals surface area contributed by atoms with Gasteiger partial charge in [0.2, 0.25) is 0 Å². The van der Waals surface area contributed by atoms with Gasteiger partial charge in [-0.2, -0.15) is 0 Å². The van der Waals surface area contributed by atoms with Gasteiger partial charge in [0.25, 0.3) is 0 Å². The Bertz CT molecular complexity index is 480. The largest absolute Gasteiger partial charge is 0.472 e. The molecule has 2 unspecified atom stereocenters. The molecule has 0 aliphatic carbocycles. The minimum absolute atomic E-state index is 0.130. The number of aliphatic hydroxyl groups is 4. The molecule has 10 nitrogen and oxygen atoms in total. The van der Waals surface area contributed by atoms with Crippen molar-refractivity contribution in [2.45, 2.75) is 95.4 Å². The summed E-state index contributed by atoms with van der Waals surface area (Å²) in [5.41, 5.74) is 0. The van der Waals surface area contributed by atoms with Gasteiger partial charge >= 0.3 is 7.82 Å². The van der Waals surface area contributed by atoms with Crippen molar-refractivity contribution in [2.75, 3.05) is 26.4 Å². The zero-order valence-corrected chi connectivity index (χ0v) is 18.7. The monoisotopic (exact) mass is 458 g/mol. The Morgan fingerprint density at radius 2 is 1.53 bits per heavy atom. The van der Waals surface area contributed by atoms with Gasteiger partial charge in [-0.3, -0.25) is 9.05 Å². The molecule has 0 aromatic carbocycles. The average Bonchev–Trinajstić information content (AvgIpc) is 2.71. The van der Waals surface area contributed by atoms with Crippen LogP contribution in [0.5, 0.6) is 0 Å². The number of aliphatic hydroxyl groups excluding tert-OH is 4. The fraction of sp³-hybridized carbons (Fsp3) is 1.00. The molecule has 1 fully saturated rings. The lowest BCUT2D eigenvalue weighted by atomic mass is 9.99. The molecule has 30 heavy (non-hydrogen) atoms. The zero-order valence-electron chi connectivity index (χ0n) is 17.8. The maximum Gasteiger partial charge on any atom is 0.472 e.